The van der Waals surface area contributed by atoms with Crippen LogP contribution in [0, 0.1) is 13.8 Å². The maximum absolute atomic E-state index is 11.8. The number of carboxylic acids is 1. The van der Waals surface area contributed by atoms with Crippen molar-refractivity contribution in [2.24, 2.45) is 0 Å². The van der Waals surface area contributed by atoms with E-state index in [0.29, 0.717) is 30.2 Å². The van der Waals surface area contributed by atoms with Gasteiger partial charge in [-0.2, -0.15) is 0 Å². The third-order valence-electron chi connectivity index (χ3n) is 5.70. The van der Waals surface area contributed by atoms with Gasteiger partial charge in [0.1, 0.15) is 35.2 Å². The predicted molar refractivity (Wildman–Crippen MR) is 141 cm³/mol. The summed E-state index contributed by atoms with van der Waals surface area (Å²) in [7, 11) is 0. The molecule has 7 nitrogen and oxygen atoms in total. The lowest BCUT2D eigenvalue weighted by atomic mass is 10.1. The molecule has 0 amide bonds. The zero-order valence-electron chi connectivity index (χ0n) is 21.5. The summed E-state index contributed by atoms with van der Waals surface area (Å²) in [6.07, 6.45) is 0.591. The lowest BCUT2D eigenvalue weighted by molar-refractivity contribution is 0.0691. The molecule has 1 heterocycles. The van der Waals surface area contributed by atoms with Crippen molar-refractivity contribution >= 4 is 5.97 Å². The Morgan fingerprint density at radius 1 is 0.973 bits per heavy atom. The van der Waals surface area contributed by atoms with E-state index in [1.807, 2.05) is 75.4 Å². The molecule has 0 spiro atoms. The van der Waals surface area contributed by atoms with Crippen LogP contribution in [0.25, 0.3) is 11.5 Å². The molecule has 3 aromatic carbocycles. The molecule has 4 rings (SSSR count). The highest BCUT2D eigenvalue weighted by Crippen LogP contribution is 2.30. The monoisotopic (exact) mass is 501 g/mol. The normalized spacial score (nSPS) is 10.9. The number of benzene rings is 3. The molecule has 0 atom stereocenters. The van der Waals surface area contributed by atoms with Crippen LogP contribution in [-0.4, -0.2) is 28.8 Å². The first-order valence-electron chi connectivity index (χ1n) is 12.2. The molecule has 0 unspecified atom stereocenters. The Balaban J connectivity index is 1.34. The molecule has 0 bridgehead atoms. The number of aryl methyl sites for hydroxylation is 2. The summed E-state index contributed by atoms with van der Waals surface area (Å²) in [5, 5.41) is 9.65. The van der Waals surface area contributed by atoms with E-state index in [0.717, 1.165) is 28.3 Å². The molecule has 0 aliphatic carbocycles. The van der Waals surface area contributed by atoms with Crippen molar-refractivity contribution in [2.75, 3.05) is 6.61 Å². The first-order chi connectivity index (χ1) is 17.8. The number of hydrogen-bond donors (Lipinski definition) is 1. The van der Waals surface area contributed by atoms with Crippen LogP contribution in [0.5, 0.6) is 17.2 Å². The van der Waals surface area contributed by atoms with E-state index in [1.165, 1.54) is 0 Å². The van der Waals surface area contributed by atoms with E-state index in [-0.39, 0.29) is 24.0 Å². The van der Waals surface area contributed by atoms with Crippen LogP contribution in [0.4, 0.5) is 0 Å². The average Bonchev–Trinajstić information content (AvgIpc) is 3.23. The highest BCUT2D eigenvalue weighted by molar-refractivity contribution is 5.93. The van der Waals surface area contributed by atoms with Crippen molar-refractivity contribution in [3.05, 3.63) is 94.9 Å². The van der Waals surface area contributed by atoms with Crippen LogP contribution in [0.1, 0.15) is 46.8 Å². The summed E-state index contributed by atoms with van der Waals surface area (Å²) in [5.74, 6) is 1.94. The van der Waals surface area contributed by atoms with Crippen LogP contribution < -0.4 is 14.2 Å². The van der Waals surface area contributed by atoms with Crippen molar-refractivity contribution in [2.45, 2.75) is 46.8 Å². The van der Waals surface area contributed by atoms with Gasteiger partial charge in [0.25, 0.3) is 0 Å². The van der Waals surface area contributed by atoms with Gasteiger partial charge in [0.05, 0.1) is 18.4 Å². The molecule has 4 aromatic rings. The number of rotatable bonds is 11. The standard InChI is InChI=1S/C30H31NO6/c1-19(2)36-25-16-20(3)28(30(32)33)27(17-25)35-18-22-10-12-24(13-11-22)34-15-14-26-21(4)37-29(31-26)23-8-6-5-7-9-23/h5-13,16-17,19H,14-15,18H2,1-4H3,(H,32,33). The quantitative estimate of drug-likeness (QED) is 0.246. The molecular weight excluding hydrogens is 470 g/mol. The van der Waals surface area contributed by atoms with Crippen LogP contribution >= 0.6 is 0 Å². The van der Waals surface area contributed by atoms with Gasteiger partial charge in [-0.05, 0) is 69.2 Å². The Morgan fingerprint density at radius 3 is 2.38 bits per heavy atom. The van der Waals surface area contributed by atoms with E-state index in [1.54, 1.807) is 19.1 Å². The van der Waals surface area contributed by atoms with Gasteiger partial charge < -0.3 is 23.7 Å². The molecule has 1 aromatic heterocycles. The Hall–Kier alpha value is -4.26. The van der Waals surface area contributed by atoms with Gasteiger partial charge in [0.15, 0.2) is 0 Å². The minimum Gasteiger partial charge on any atom is -0.493 e. The maximum Gasteiger partial charge on any atom is 0.339 e. The summed E-state index contributed by atoms with van der Waals surface area (Å²) in [6.45, 7) is 8.15. The molecule has 37 heavy (non-hydrogen) atoms. The topological polar surface area (TPSA) is 91.0 Å². The molecule has 0 fully saturated rings. The zero-order valence-corrected chi connectivity index (χ0v) is 21.5. The smallest absolute Gasteiger partial charge is 0.339 e. The predicted octanol–water partition coefficient (Wildman–Crippen LogP) is 6.64. The maximum atomic E-state index is 11.8. The second kappa shape index (κ2) is 11.6. The number of nitrogens with zero attached hydrogens (tertiary/aromatic N) is 1. The summed E-state index contributed by atoms with van der Waals surface area (Å²) < 4.78 is 23.4. The molecule has 0 saturated carbocycles. The van der Waals surface area contributed by atoms with Gasteiger partial charge in [-0.15, -0.1) is 0 Å². The number of hydrogen-bond acceptors (Lipinski definition) is 6. The van der Waals surface area contributed by atoms with Crippen LogP contribution in [0.15, 0.2) is 71.1 Å². The van der Waals surface area contributed by atoms with Gasteiger partial charge in [-0.1, -0.05) is 30.3 Å². The van der Waals surface area contributed by atoms with E-state index in [4.69, 9.17) is 18.6 Å². The fourth-order valence-corrected chi connectivity index (χ4v) is 3.92. The Labute approximate surface area is 216 Å². The van der Waals surface area contributed by atoms with Gasteiger partial charge in [0, 0.05) is 18.1 Å². The Morgan fingerprint density at radius 2 is 1.70 bits per heavy atom. The van der Waals surface area contributed by atoms with Crippen molar-refractivity contribution in [1.82, 2.24) is 4.98 Å². The van der Waals surface area contributed by atoms with Crippen molar-refractivity contribution < 1.29 is 28.5 Å². The number of oxazole rings is 1. The van der Waals surface area contributed by atoms with Crippen LogP contribution in [0.3, 0.4) is 0 Å². The zero-order chi connectivity index (χ0) is 26.4. The first-order valence-corrected chi connectivity index (χ1v) is 12.2. The highest BCUT2D eigenvalue weighted by Gasteiger charge is 2.18. The average molecular weight is 502 g/mol. The molecule has 192 valence electrons. The van der Waals surface area contributed by atoms with Gasteiger partial charge in [-0.25, -0.2) is 9.78 Å². The first kappa shape index (κ1) is 25.8. The number of carboxylic acid groups (broad SMARTS) is 1. The van der Waals surface area contributed by atoms with Gasteiger partial charge >= 0.3 is 5.97 Å². The Kier molecular flexibility index (Phi) is 8.13. The fraction of sp³-hybridized carbons (Fsp3) is 0.267. The number of aromatic carboxylic acids is 1. The highest BCUT2D eigenvalue weighted by atomic mass is 16.5. The molecule has 7 heteroatoms. The Bertz CT molecular complexity index is 1340. The lowest BCUT2D eigenvalue weighted by Crippen LogP contribution is -2.09. The summed E-state index contributed by atoms with van der Waals surface area (Å²) in [5.41, 5.74) is 3.42. The molecule has 0 aliphatic heterocycles. The van der Waals surface area contributed by atoms with Crippen molar-refractivity contribution in [1.29, 1.82) is 0 Å². The van der Waals surface area contributed by atoms with E-state index >= 15 is 0 Å². The van der Waals surface area contributed by atoms with Crippen molar-refractivity contribution in [3.8, 4) is 28.7 Å². The minimum absolute atomic E-state index is 0.0328. The molecule has 0 saturated heterocycles. The largest absolute Gasteiger partial charge is 0.493 e. The van der Waals surface area contributed by atoms with Crippen LogP contribution in [-0.2, 0) is 13.0 Å². The summed E-state index contributed by atoms with van der Waals surface area (Å²) >= 11 is 0. The number of aromatic nitrogens is 1. The van der Waals surface area contributed by atoms with Gasteiger partial charge in [-0.3, -0.25) is 0 Å². The SMILES string of the molecule is Cc1cc(OC(C)C)cc(OCc2ccc(OCCc3nc(-c4ccccc4)oc3C)cc2)c1C(=O)O. The third kappa shape index (κ3) is 6.70. The lowest BCUT2D eigenvalue weighted by Gasteiger charge is -2.16. The molecule has 0 radical (unpaired) electrons. The third-order valence-corrected chi connectivity index (χ3v) is 5.70. The van der Waals surface area contributed by atoms with Crippen LogP contribution in [0.2, 0.25) is 0 Å². The van der Waals surface area contributed by atoms with E-state index < -0.39 is 5.97 Å². The fourth-order valence-electron chi connectivity index (χ4n) is 3.92. The van der Waals surface area contributed by atoms with E-state index in [2.05, 4.69) is 4.98 Å². The molecule has 0 aliphatic rings. The summed E-state index contributed by atoms with van der Waals surface area (Å²) in [6, 6.07) is 20.7. The second-order valence-corrected chi connectivity index (χ2v) is 9.00. The van der Waals surface area contributed by atoms with E-state index in [9.17, 15) is 9.90 Å². The molecule has 1 N–H and O–H groups in total. The molecular formula is C30H31NO6. The summed E-state index contributed by atoms with van der Waals surface area (Å²) in [4.78, 5) is 16.4. The number of ether oxygens (including phenoxy) is 3. The minimum atomic E-state index is -1.04. The number of carbonyl (C=O) groups is 1. The second-order valence-electron chi connectivity index (χ2n) is 9.00. The van der Waals surface area contributed by atoms with Gasteiger partial charge in [0.2, 0.25) is 5.89 Å². The van der Waals surface area contributed by atoms with Crippen molar-refractivity contribution in [3.63, 3.8) is 0 Å².